The van der Waals surface area contributed by atoms with Crippen molar-refractivity contribution in [3.05, 3.63) is 38.0 Å². The normalized spacial score (nSPS) is 10.6. The summed E-state index contributed by atoms with van der Waals surface area (Å²) in [6, 6.07) is 0. The smallest absolute Gasteiger partial charge is 0.0675 e. The predicted molar refractivity (Wildman–Crippen MR) is 55.0 cm³/mol. The van der Waals surface area contributed by atoms with Gasteiger partial charge in [-0.05, 0) is 0 Å². The Labute approximate surface area is 69.6 Å². The van der Waals surface area contributed by atoms with Gasteiger partial charge in [-0.3, -0.25) is 0 Å². The number of rotatable bonds is 6. The minimum atomic E-state index is -0.833. The molecule has 0 aliphatic heterocycles. The molecule has 0 aromatic carbocycles. The zero-order valence-electron chi connectivity index (χ0n) is 7.13. The molecule has 1 nitrogen and oxygen atoms in total. The summed E-state index contributed by atoms with van der Waals surface area (Å²) in [4.78, 5) is 0. The van der Waals surface area contributed by atoms with Gasteiger partial charge >= 0.3 is 0 Å². The highest BCUT2D eigenvalue weighted by Gasteiger charge is 2.13. The first-order valence-corrected chi connectivity index (χ1v) is 4.01. The Hall–Kier alpha value is -0.755. The van der Waals surface area contributed by atoms with Gasteiger partial charge in [-0.1, -0.05) is 0 Å². The summed E-state index contributed by atoms with van der Waals surface area (Å²) in [6.45, 7) is 11.0. The highest BCUT2D eigenvalue weighted by molar-refractivity contribution is 6.78. The molecule has 0 saturated carbocycles. The van der Waals surface area contributed by atoms with E-state index in [9.17, 15) is 0 Å². The van der Waals surface area contributed by atoms with Gasteiger partial charge in [0.05, 0.1) is 6.28 Å². The van der Waals surface area contributed by atoms with Crippen LogP contribution in [-0.2, 0) is 0 Å². The van der Waals surface area contributed by atoms with E-state index >= 15 is 0 Å². The van der Waals surface area contributed by atoms with Crippen molar-refractivity contribution in [2.24, 2.45) is 5.64 Å². The molecule has 62 valence electrons. The van der Waals surface area contributed by atoms with Crippen LogP contribution >= 0.6 is 0 Å². The lowest BCUT2D eigenvalue weighted by Crippen LogP contribution is -2.43. The van der Waals surface area contributed by atoms with E-state index < -0.39 is 6.28 Å². The Morgan fingerprint density at radius 3 is 1.36 bits per heavy atom. The van der Waals surface area contributed by atoms with E-state index in [1.165, 1.54) is 0 Å². The fourth-order valence-corrected chi connectivity index (χ4v) is 1.28. The molecule has 0 aromatic heterocycles. The second-order valence-electron chi connectivity index (χ2n) is 3.15. The highest BCUT2D eigenvalue weighted by atomic mass is 14.5. The molecule has 0 aliphatic rings. The molecule has 0 bridgehead atoms. The summed E-state index contributed by atoms with van der Waals surface area (Å²) in [5.41, 5.74) is 6.08. The lowest BCUT2D eigenvalue weighted by Gasteiger charge is -2.30. The monoisotopic (exact) mass is 150 g/mol. The Kier molecular flexibility index (Phi) is 4.63. The van der Waals surface area contributed by atoms with Crippen molar-refractivity contribution >= 4 is 6.28 Å². The van der Waals surface area contributed by atoms with Crippen molar-refractivity contribution in [3.63, 3.8) is 0 Å². The number of nitrogens with two attached hydrogens (primary N) is 1. The molecule has 0 unspecified atom stereocenters. The van der Waals surface area contributed by atoms with E-state index in [1.807, 2.05) is 18.2 Å². The number of allylic oxidation sites excluding steroid dienone is 3. The van der Waals surface area contributed by atoms with Crippen molar-refractivity contribution in [1.82, 2.24) is 0 Å². The van der Waals surface area contributed by atoms with E-state index in [2.05, 4.69) is 19.7 Å². The number of hydrogen-bond acceptors (Lipinski definition) is 1. The maximum atomic E-state index is 6.08. The fourth-order valence-electron chi connectivity index (χ4n) is 1.28. The Balaban J connectivity index is 4.09. The van der Waals surface area contributed by atoms with E-state index in [-0.39, 0.29) is 0 Å². The van der Waals surface area contributed by atoms with Gasteiger partial charge in [-0.25, -0.2) is 0 Å². The third-order valence-electron chi connectivity index (χ3n) is 1.91. The van der Waals surface area contributed by atoms with Crippen LogP contribution < -0.4 is 5.64 Å². The van der Waals surface area contributed by atoms with Gasteiger partial charge in [0.15, 0.2) is 0 Å². The minimum Gasteiger partial charge on any atom is -0.501 e. The van der Waals surface area contributed by atoms with Crippen LogP contribution in [0.15, 0.2) is 38.0 Å². The van der Waals surface area contributed by atoms with Gasteiger partial charge in [-0.2, -0.15) is 0 Å². The van der Waals surface area contributed by atoms with Crippen LogP contribution in [0, 0.1) is 0 Å². The average molecular weight is 150 g/mol. The van der Waals surface area contributed by atoms with Crippen LogP contribution in [-0.4, -0.2) is 6.28 Å². The van der Waals surface area contributed by atoms with Crippen molar-refractivity contribution in [1.29, 1.82) is 0 Å². The van der Waals surface area contributed by atoms with Crippen LogP contribution in [0.5, 0.6) is 0 Å². The van der Waals surface area contributed by atoms with Crippen molar-refractivity contribution in [3.8, 4) is 0 Å². The molecule has 0 amide bonds. The Morgan fingerprint density at radius 2 is 1.18 bits per heavy atom. The Morgan fingerprint density at radius 1 is 0.909 bits per heavy atom. The second kappa shape index (κ2) is 4.97. The van der Waals surface area contributed by atoms with E-state index in [0.29, 0.717) is 0 Å². The quantitative estimate of drug-likeness (QED) is 0.456. The number of hydrogen-bond donors (Lipinski definition) is 1. The van der Waals surface area contributed by atoms with Gasteiger partial charge in [0, 0.05) is 0 Å². The molecule has 0 saturated heterocycles. The van der Waals surface area contributed by atoms with Crippen LogP contribution in [0.1, 0.15) is 0 Å². The van der Waals surface area contributed by atoms with Crippen LogP contribution in [0.3, 0.4) is 0 Å². The molecular formula is C9H17BN-. The summed E-state index contributed by atoms with van der Waals surface area (Å²) in [5.74, 6) is 0. The summed E-state index contributed by atoms with van der Waals surface area (Å²) in [6.07, 6.45) is 7.39. The lowest BCUT2D eigenvalue weighted by molar-refractivity contribution is 1.31. The standard InChI is InChI=1S/C9H17BN/c1-4-7-10(11,8-5-2)9-6-3/h4-6H,1-3,7-9,11H2/q-1. The lowest BCUT2D eigenvalue weighted by atomic mass is 9.30. The third kappa shape index (κ3) is 3.84. The summed E-state index contributed by atoms with van der Waals surface area (Å²) in [5, 5.41) is 0. The van der Waals surface area contributed by atoms with Gasteiger partial charge in [0.2, 0.25) is 0 Å². The summed E-state index contributed by atoms with van der Waals surface area (Å²) >= 11 is 0. The molecular weight excluding hydrogens is 133 g/mol. The molecule has 0 atom stereocenters. The third-order valence-corrected chi connectivity index (χ3v) is 1.91. The minimum absolute atomic E-state index is 0.833. The molecule has 2 heteroatoms. The topological polar surface area (TPSA) is 26.0 Å². The van der Waals surface area contributed by atoms with Gasteiger partial charge in [0.1, 0.15) is 0 Å². The molecule has 2 N–H and O–H groups in total. The van der Waals surface area contributed by atoms with Gasteiger partial charge in [-0.15, -0.1) is 56.9 Å². The van der Waals surface area contributed by atoms with Gasteiger partial charge < -0.3 is 5.64 Å². The molecule has 0 heterocycles. The van der Waals surface area contributed by atoms with Crippen molar-refractivity contribution < 1.29 is 0 Å². The van der Waals surface area contributed by atoms with Crippen LogP contribution in [0.2, 0.25) is 19.0 Å². The van der Waals surface area contributed by atoms with Gasteiger partial charge in [0.25, 0.3) is 0 Å². The largest absolute Gasteiger partial charge is 0.501 e. The van der Waals surface area contributed by atoms with Crippen LogP contribution in [0.4, 0.5) is 0 Å². The predicted octanol–water partition coefficient (Wildman–Crippen LogP) is 2.45. The zero-order valence-corrected chi connectivity index (χ0v) is 7.13. The maximum Gasteiger partial charge on any atom is 0.0675 e. The molecule has 0 aliphatic carbocycles. The highest BCUT2D eigenvalue weighted by Crippen LogP contribution is 2.15. The van der Waals surface area contributed by atoms with E-state index in [1.54, 1.807) is 0 Å². The van der Waals surface area contributed by atoms with Crippen molar-refractivity contribution in [2.45, 2.75) is 19.0 Å². The zero-order chi connectivity index (χ0) is 8.74. The van der Waals surface area contributed by atoms with Crippen molar-refractivity contribution in [2.75, 3.05) is 0 Å². The van der Waals surface area contributed by atoms with E-state index in [0.717, 1.165) is 19.0 Å². The second-order valence-corrected chi connectivity index (χ2v) is 3.15. The average Bonchev–Trinajstić information content (AvgIpc) is 1.88. The molecule has 0 radical (unpaired) electrons. The molecule has 11 heavy (non-hydrogen) atoms. The summed E-state index contributed by atoms with van der Waals surface area (Å²) in [7, 11) is 0. The summed E-state index contributed by atoms with van der Waals surface area (Å²) < 4.78 is 0. The first-order chi connectivity index (χ1) is 5.18. The van der Waals surface area contributed by atoms with Crippen LogP contribution in [0.25, 0.3) is 0 Å². The molecule has 0 aromatic rings. The first-order valence-electron chi connectivity index (χ1n) is 4.01. The first kappa shape index (κ1) is 10.2. The molecule has 0 fully saturated rings. The maximum absolute atomic E-state index is 6.08. The fraction of sp³-hybridized carbons (Fsp3) is 0.333. The Bertz CT molecular complexity index is 125. The molecule has 0 spiro atoms. The molecule has 0 rings (SSSR count). The SMILES string of the molecule is C=CC[B-](N)(CC=C)CC=C. The van der Waals surface area contributed by atoms with E-state index in [4.69, 9.17) is 5.64 Å².